The molecule has 1 aromatic carbocycles. The van der Waals surface area contributed by atoms with Crippen LogP contribution in [0, 0.1) is 17.3 Å². The monoisotopic (exact) mass is 452 g/mol. The van der Waals surface area contributed by atoms with Crippen LogP contribution in [0.3, 0.4) is 0 Å². The summed E-state index contributed by atoms with van der Waals surface area (Å²) in [6.07, 6.45) is 2.54. The third kappa shape index (κ3) is 7.64. The Morgan fingerprint density at radius 1 is 1.06 bits per heavy atom. The van der Waals surface area contributed by atoms with Crippen molar-refractivity contribution in [2.75, 3.05) is 27.4 Å². The zero-order valence-electron chi connectivity index (χ0n) is 20.7. The highest BCUT2D eigenvalue weighted by Crippen LogP contribution is 2.40. The first-order chi connectivity index (χ1) is 15.1. The molecule has 7 nitrogen and oxygen atoms in total. The van der Waals surface area contributed by atoms with Crippen molar-refractivity contribution >= 4 is 5.91 Å². The summed E-state index contributed by atoms with van der Waals surface area (Å²) in [5, 5.41) is 10.8. The molecule has 0 saturated heterocycles. The van der Waals surface area contributed by atoms with Gasteiger partial charge in [-0.1, -0.05) is 33.8 Å². The van der Waals surface area contributed by atoms with Gasteiger partial charge in [-0.2, -0.15) is 0 Å². The number of hydrogen-bond acceptors (Lipinski definition) is 6. The van der Waals surface area contributed by atoms with Crippen molar-refractivity contribution < 1.29 is 24.1 Å². The molecule has 2 atom stereocenters. The van der Waals surface area contributed by atoms with Crippen molar-refractivity contribution in [3.63, 3.8) is 0 Å². The first kappa shape index (κ1) is 28.2. The molecular formula is C25H44N2O5. The number of aliphatic hydroxyl groups is 1. The Morgan fingerprint density at radius 3 is 2.25 bits per heavy atom. The predicted molar refractivity (Wildman–Crippen MR) is 128 cm³/mol. The molecule has 32 heavy (non-hydrogen) atoms. The highest BCUT2D eigenvalue weighted by molar-refractivity contribution is 5.81. The summed E-state index contributed by atoms with van der Waals surface area (Å²) in [4.78, 5) is 12.3. The second-order valence-electron chi connectivity index (χ2n) is 9.22. The van der Waals surface area contributed by atoms with Gasteiger partial charge in [-0.15, -0.1) is 0 Å². The maximum Gasteiger partial charge on any atom is 0.224 e. The lowest BCUT2D eigenvalue weighted by Gasteiger charge is -2.40. The molecule has 0 aliphatic heterocycles. The molecule has 0 aliphatic rings. The van der Waals surface area contributed by atoms with E-state index in [1.165, 1.54) is 0 Å². The normalized spacial score (nSPS) is 13.9. The van der Waals surface area contributed by atoms with E-state index in [1.54, 1.807) is 14.2 Å². The van der Waals surface area contributed by atoms with Crippen molar-refractivity contribution in [2.24, 2.45) is 28.7 Å². The number of hydrogen-bond donors (Lipinski definition) is 3. The highest BCUT2D eigenvalue weighted by Gasteiger charge is 2.45. The molecule has 0 fully saturated rings. The lowest BCUT2D eigenvalue weighted by Crippen LogP contribution is -2.50. The van der Waals surface area contributed by atoms with E-state index in [0.717, 1.165) is 24.8 Å². The zero-order valence-corrected chi connectivity index (χ0v) is 20.7. The van der Waals surface area contributed by atoms with E-state index >= 15 is 0 Å². The van der Waals surface area contributed by atoms with Gasteiger partial charge in [0.25, 0.3) is 0 Å². The second-order valence-corrected chi connectivity index (χ2v) is 9.22. The summed E-state index contributed by atoms with van der Waals surface area (Å²) in [6.45, 7) is 9.09. The maximum absolute atomic E-state index is 12.3. The van der Waals surface area contributed by atoms with Gasteiger partial charge in [0, 0.05) is 26.2 Å². The van der Waals surface area contributed by atoms with Crippen LogP contribution in [0.2, 0.25) is 0 Å². The minimum absolute atomic E-state index is 0.0171. The summed E-state index contributed by atoms with van der Waals surface area (Å²) in [6, 6.07) is 5.48. The number of benzene rings is 1. The molecule has 184 valence electrons. The topological polar surface area (TPSA) is 117 Å². The van der Waals surface area contributed by atoms with Crippen molar-refractivity contribution in [2.45, 2.75) is 71.9 Å². The van der Waals surface area contributed by atoms with Crippen LogP contribution in [0.4, 0.5) is 0 Å². The summed E-state index contributed by atoms with van der Waals surface area (Å²) in [5.74, 6) is 1.07. The molecule has 0 aliphatic carbocycles. The quantitative estimate of drug-likeness (QED) is 0.331. The van der Waals surface area contributed by atoms with Gasteiger partial charge in [-0.3, -0.25) is 4.79 Å². The SMILES string of the molecule is COCCCOc1cc(CCCC(N)C(O)CC(C(N)=O)(C(C)C)C(C)C)ccc1OC. The second kappa shape index (κ2) is 13.7. The maximum atomic E-state index is 12.3. The number of primary amides is 1. The van der Waals surface area contributed by atoms with Crippen LogP contribution < -0.4 is 20.9 Å². The summed E-state index contributed by atoms with van der Waals surface area (Å²) >= 11 is 0. The van der Waals surface area contributed by atoms with E-state index < -0.39 is 17.6 Å². The molecule has 1 aromatic rings. The van der Waals surface area contributed by atoms with Gasteiger partial charge in [-0.05, 0) is 55.2 Å². The molecule has 0 radical (unpaired) electrons. The Bertz CT molecular complexity index is 685. The number of aliphatic hydroxyl groups excluding tert-OH is 1. The van der Waals surface area contributed by atoms with Crippen LogP contribution >= 0.6 is 0 Å². The largest absolute Gasteiger partial charge is 0.493 e. The minimum Gasteiger partial charge on any atom is -0.493 e. The van der Waals surface area contributed by atoms with Crippen LogP contribution in [0.15, 0.2) is 18.2 Å². The van der Waals surface area contributed by atoms with E-state index in [-0.39, 0.29) is 24.2 Å². The lowest BCUT2D eigenvalue weighted by molar-refractivity contribution is -0.136. The van der Waals surface area contributed by atoms with Crippen molar-refractivity contribution in [1.82, 2.24) is 0 Å². The number of amides is 1. The van der Waals surface area contributed by atoms with Crippen molar-refractivity contribution in [3.8, 4) is 11.5 Å². The molecule has 5 N–H and O–H groups in total. The van der Waals surface area contributed by atoms with Gasteiger partial charge in [0.05, 0.1) is 25.2 Å². The summed E-state index contributed by atoms with van der Waals surface area (Å²) < 4.78 is 16.3. The van der Waals surface area contributed by atoms with Crippen molar-refractivity contribution in [3.05, 3.63) is 23.8 Å². The molecule has 0 saturated carbocycles. The number of ether oxygens (including phenoxy) is 3. The Morgan fingerprint density at radius 2 is 1.72 bits per heavy atom. The minimum atomic E-state index is -0.789. The van der Waals surface area contributed by atoms with E-state index in [9.17, 15) is 9.90 Å². The highest BCUT2D eigenvalue weighted by atomic mass is 16.5. The number of rotatable bonds is 16. The molecule has 1 rings (SSSR count). The standard InChI is InChI=1S/C25H44N2O5/c1-17(2)25(18(3)4,24(27)29)16-21(28)20(26)10-7-9-19-11-12-22(31-6)23(15-19)32-14-8-13-30-5/h11-12,15,17-18,20-21,28H,7-10,13-14,16,26H2,1-6H3,(H2,27,29). The fraction of sp³-hybridized carbons (Fsp3) is 0.720. The molecule has 0 aromatic heterocycles. The average molecular weight is 453 g/mol. The molecule has 2 unspecified atom stereocenters. The number of nitrogens with two attached hydrogens (primary N) is 2. The Hall–Kier alpha value is -1.83. The Kier molecular flexibility index (Phi) is 12.0. The Balaban J connectivity index is 2.69. The predicted octanol–water partition coefficient (Wildman–Crippen LogP) is 3.30. The van der Waals surface area contributed by atoms with E-state index in [2.05, 4.69) is 0 Å². The third-order valence-electron chi connectivity index (χ3n) is 6.54. The number of methoxy groups -OCH3 is 2. The van der Waals surface area contributed by atoms with Crippen LogP contribution in [0.25, 0.3) is 0 Å². The van der Waals surface area contributed by atoms with E-state index in [4.69, 9.17) is 25.7 Å². The fourth-order valence-electron chi connectivity index (χ4n) is 4.41. The van der Waals surface area contributed by atoms with Gasteiger partial charge in [0.1, 0.15) is 0 Å². The Labute approximate surface area is 193 Å². The van der Waals surface area contributed by atoms with Gasteiger partial charge in [0.2, 0.25) is 5.91 Å². The van der Waals surface area contributed by atoms with Gasteiger partial charge in [0.15, 0.2) is 11.5 Å². The van der Waals surface area contributed by atoms with Gasteiger partial charge >= 0.3 is 0 Å². The van der Waals surface area contributed by atoms with Gasteiger partial charge in [-0.25, -0.2) is 0 Å². The first-order valence-corrected chi connectivity index (χ1v) is 11.6. The van der Waals surface area contributed by atoms with E-state index in [1.807, 2.05) is 45.9 Å². The molecule has 0 spiro atoms. The molecule has 7 heteroatoms. The van der Waals surface area contributed by atoms with Crippen molar-refractivity contribution in [1.29, 1.82) is 0 Å². The summed E-state index contributed by atoms with van der Waals surface area (Å²) in [5.41, 5.74) is 12.4. The number of carbonyl (C=O) groups excluding carboxylic acids is 1. The average Bonchev–Trinajstić information content (AvgIpc) is 2.74. The molecule has 1 amide bonds. The smallest absolute Gasteiger partial charge is 0.224 e. The van der Waals surface area contributed by atoms with E-state index in [0.29, 0.717) is 31.1 Å². The van der Waals surface area contributed by atoms with Gasteiger partial charge < -0.3 is 30.8 Å². The fourth-order valence-corrected chi connectivity index (χ4v) is 4.41. The molecule has 0 heterocycles. The third-order valence-corrected chi connectivity index (χ3v) is 6.54. The summed E-state index contributed by atoms with van der Waals surface area (Å²) in [7, 11) is 3.29. The zero-order chi connectivity index (χ0) is 24.3. The van der Waals surface area contributed by atoms with Crippen LogP contribution in [-0.4, -0.2) is 50.6 Å². The molecule has 0 bridgehead atoms. The van der Waals surface area contributed by atoms with Crippen LogP contribution in [-0.2, 0) is 16.0 Å². The number of carbonyl (C=O) groups is 1. The molecular weight excluding hydrogens is 408 g/mol. The number of aryl methyl sites for hydroxylation is 1. The van der Waals surface area contributed by atoms with Crippen LogP contribution in [0.1, 0.15) is 58.9 Å². The lowest BCUT2D eigenvalue weighted by atomic mass is 9.64. The first-order valence-electron chi connectivity index (χ1n) is 11.6. The van der Waals surface area contributed by atoms with Crippen LogP contribution in [0.5, 0.6) is 11.5 Å².